The molecule has 0 spiro atoms. The summed E-state index contributed by atoms with van der Waals surface area (Å²) in [4.78, 5) is 23.9. The van der Waals surface area contributed by atoms with Gasteiger partial charge >= 0.3 is 5.97 Å². The second-order valence-corrected chi connectivity index (χ2v) is 5.82. The average molecular weight is 309 g/mol. The molecule has 0 saturated carbocycles. The van der Waals surface area contributed by atoms with Gasteiger partial charge in [0.1, 0.15) is 12.1 Å². The summed E-state index contributed by atoms with van der Waals surface area (Å²) in [6.07, 6.45) is -1.17. The topological polar surface area (TPSA) is 95.9 Å². The Labute approximate surface area is 130 Å². The van der Waals surface area contributed by atoms with Gasteiger partial charge in [-0.15, -0.1) is 0 Å². The van der Waals surface area contributed by atoms with Crippen LogP contribution in [0.3, 0.4) is 0 Å². The highest BCUT2D eigenvalue weighted by Crippen LogP contribution is 2.20. The molecule has 0 heterocycles. The largest absolute Gasteiger partial charge is 0.467 e. The number of methoxy groups -OCH3 is 1. The van der Waals surface area contributed by atoms with Crippen LogP contribution in [-0.2, 0) is 20.7 Å². The highest BCUT2D eigenvalue weighted by Gasteiger charge is 2.35. The van der Waals surface area contributed by atoms with Crippen LogP contribution in [0.4, 0.5) is 0 Å². The predicted octanol–water partition coefficient (Wildman–Crippen LogP) is 0.266. The SMILES string of the molecule is COC(=O)[C@H](Cc1ccccc1)NC(=O)C(O)C(C)(C)CO. The summed E-state index contributed by atoms with van der Waals surface area (Å²) in [6, 6.07) is 8.27. The first kappa shape index (κ1) is 18.1. The predicted molar refractivity (Wildman–Crippen MR) is 81.0 cm³/mol. The second-order valence-electron chi connectivity index (χ2n) is 5.82. The molecule has 0 radical (unpaired) electrons. The number of hydrogen-bond acceptors (Lipinski definition) is 5. The van der Waals surface area contributed by atoms with Gasteiger partial charge in [0.2, 0.25) is 5.91 Å². The number of carbonyl (C=O) groups excluding carboxylic acids is 2. The van der Waals surface area contributed by atoms with E-state index in [-0.39, 0.29) is 13.0 Å². The van der Waals surface area contributed by atoms with Crippen LogP contribution in [0, 0.1) is 5.41 Å². The minimum absolute atomic E-state index is 0.255. The van der Waals surface area contributed by atoms with E-state index in [1.807, 2.05) is 30.3 Å². The molecule has 0 fully saturated rings. The van der Waals surface area contributed by atoms with Gasteiger partial charge in [0.05, 0.1) is 13.7 Å². The van der Waals surface area contributed by atoms with Crippen LogP contribution < -0.4 is 5.32 Å². The van der Waals surface area contributed by atoms with E-state index in [0.717, 1.165) is 5.56 Å². The van der Waals surface area contributed by atoms with Crippen molar-refractivity contribution in [2.24, 2.45) is 5.41 Å². The maximum Gasteiger partial charge on any atom is 0.328 e. The molecular formula is C16H23NO5. The van der Waals surface area contributed by atoms with Crippen molar-refractivity contribution in [3.05, 3.63) is 35.9 Å². The second kappa shape index (κ2) is 7.91. The Morgan fingerprint density at radius 2 is 1.86 bits per heavy atom. The third-order valence-electron chi connectivity index (χ3n) is 3.48. The number of nitrogens with one attached hydrogen (secondary N) is 1. The van der Waals surface area contributed by atoms with Gasteiger partial charge in [-0.2, -0.15) is 0 Å². The number of aliphatic hydroxyl groups excluding tert-OH is 2. The molecule has 1 aromatic rings. The lowest BCUT2D eigenvalue weighted by Gasteiger charge is -2.28. The molecule has 0 saturated heterocycles. The number of aliphatic hydroxyl groups is 2. The molecule has 0 aliphatic rings. The number of ether oxygens (including phenoxy) is 1. The summed E-state index contributed by atoms with van der Waals surface area (Å²) in [6.45, 7) is 2.76. The van der Waals surface area contributed by atoms with Crippen molar-refractivity contribution in [3.63, 3.8) is 0 Å². The monoisotopic (exact) mass is 309 g/mol. The Hall–Kier alpha value is -1.92. The molecule has 0 aliphatic carbocycles. The van der Waals surface area contributed by atoms with Gasteiger partial charge in [-0.25, -0.2) is 4.79 Å². The Kier molecular flexibility index (Phi) is 6.52. The first-order chi connectivity index (χ1) is 10.3. The fourth-order valence-corrected chi connectivity index (χ4v) is 1.88. The van der Waals surface area contributed by atoms with E-state index in [0.29, 0.717) is 0 Å². The third-order valence-corrected chi connectivity index (χ3v) is 3.48. The van der Waals surface area contributed by atoms with Crippen LogP contribution in [0.5, 0.6) is 0 Å². The number of rotatable bonds is 7. The van der Waals surface area contributed by atoms with E-state index >= 15 is 0 Å². The van der Waals surface area contributed by atoms with Crippen molar-refractivity contribution in [2.75, 3.05) is 13.7 Å². The van der Waals surface area contributed by atoms with Crippen LogP contribution in [0.15, 0.2) is 30.3 Å². The van der Waals surface area contributed by atoms with E-state index in [1.165, 1.54) is 7.11 Å². The van der Waals surface area contributed by atoms with Crippen LogP contribution in [0.1, 0.15) is 19.4 Å². The standard InChI is InChI=1S/C16H23NO5/c1-16(2,10-18)13(19)14(20)17-12(15(21)22-3)9-11-7-5-4-6-8-11/h4-8,12-13,18-19H,9-10H2,1-3H3,(H,17,20)/t12-,13?/m0/s1. The normalized spacial score (nSPS) is 14.0. The van der Waals surface area contributed by atoms with E-state index in [9.17, 15) is 19.8 Å². The number of hydrogen-bond donors (Lipinski definition) is 3. The summed E-state index contributed by atoms with van der Waals surface area (Å²) in [7, 11) is 1.24. The van der Waals surface area contributed by atoms with Crippen molar-refractivity contribution >= 4 is 11.9 Å². The van der Waals surface area contributed by atoms with Crippen LogP contribution in [0.25, 0.3) is 0 Å². The first-order valence-corrected chi connectivity index (χ1v) is 7.03. The van der Waals surface area contributed by atoms with Crippen LogP contribution in [0.2, 0.25) is 0 Å². The smallest absolute Gasteiger partial charge is 0.328 e. The maximum absolute atomic E-state index is 12.1. The zero-order valence-corrected chi connectivity index (χ0v) is 13.1. The molecule has 0 aromatic heterocycles. The number of amides is 1. The molecule has 1 amide bonds. The van der Waals surface area contributed by atoms with Gasteiger partial charge in [0.15, 0.2) is 0 Å². The third kappa shape index (κ3) is 4.82. The lowest BCUT2D eigenvalue weighted by Crippen LogP contribution is -2.51. The van der Waals surface area contributed by atoms with Crippen LogP contribution in [-0.4, -0.2) is 48.0 Å². The summed E-state index contributed by atoms with van der Waals surface area (Å²) < 4.78 is 4.69. The molecule has 3 N–H and O–H groups in total. The van der Waals surface area contributed by atoms with Crippen molar-refractivity contribution < 1.29 is 24.5 Å². The fraction of sp³-hybridized carbons (Fsp3) is 0.500. The van der Waals surface area contributed by atoms with Gasteiger partial charge in [-0.05, 0) is 5.56 Å². The van der Waals surface area contributed by atoms with Gasteiger partial charge in [0, 0.05) is 11.8 Å². The number of benzene rings is 1. The van der Waals surface area contributed by atoms with E-state index < -0.39 is 29.4 Å². The highest BCUT2D eigenvalue weighted by atomic mass is 16.5. The molecule has 22 heavy (non-hydrogen) atoms. The zero-order valence-electron chi connectivity index (χ0n) is 13.1. The first-order valence-electron chi connectivity index (χ1n) is 7.03. The van der Waals surface area contributed by atoms with Gasteiger partial charge in [0.25, 0.3) is 0 Å². The van der Waals surface area contributed by atoms with Crippen LogP contribution >= 0.6 is 0 Å². The molecule has 1 unspecified atom stereocenters. The molecule has 0 bridgehead atoms. The Balaban J connectivity index is 2.82. The summed E-state index contributed by atoms with van der Waals surface area (Å²) in [5.74, 6) is -1.31. The molecule has 0 aliphatic heterocycles. The van der Waals surface area contributed by atoms with Gasteiger partial charge in [-0.1, -0.05) is 44.2 Å². The summed E-state index contributed by atoms with van der Waals surface area (Å²) >= 11 is 0. The van der Waals surface area contributed by atoms with E-state index in [4.69, 9.17) is 4.74 Å². The molecular weight excluding hydrogens is 286 g/mol. The minimum atomic E-state index is -1.43. The van der Waals surface area contributed by atoms with Gasteiger partial charge in [-0.3, -0.25) is 4.79 Å². The quantitative estimate of drug-likeness (QED) is 0.628. The number of carbonyl (C=O) groups is 2. The van der Waals surface area contributed by atoms with Crippen molar-refractivity contribution in [2.45, 2.75) is 32.4 Å². The molecule has 6 nitrogen and oxygen atoms in total. The Bertz CT molecular complexity index is 501. The van der Waals surface area contributed by atoms with Crippen molar-refractivity contribution in [1.82, 2.24) is 5.32 Å². The molecule has 6 heteroatoms. The van der Waals surface area contributed by atoms with Crippen molar-refractivity contribution in [1.29, 1.82) is 0 Å². The average Bonchev–Trinajstić information content (AvgIpc) is 2.53. The van der Waals surface area contributed by atoms with Gasteiger partial charge < -0.3 is 20.3 Å². The molecule has 2 atom stereocenters. The summed E-state index contributed by atoms with van der Waals surface area (Å²) in [5, 5.41) is 21.7. The zero-order chi connectivity index (χ0) is 16.8. The Morgan fingerprint density at radius 1 is 1.27 bits per heavy atom. The molecule has 122 valence electrons. The lowest BCUT2D eigenvalue weighted by molar-refractivity contribution is -0.148. The molecule has 1 aromatic carbocycles. The van der Waals surface area contributed by atoms with E-state index in [1.54, 1.807) is 13.8 Å². The molecule has 1 rings (SSSR count). The minimum Gasteiger partial charge on any atom is -0.467 e. The maximum atomic E-state index is 12.1. The highest BCUT2D eigenvalue weighted by molar-refractivity contribution is 5.87. The Morgan fingerprint density at radius 3 is 2.36 bits per heavy atom. The lowest BCUT2D eigenvalue weighted by atomic mass is 9.87. The fourth-order valence-electron chi connectivity index (χ4n) is 1.88. The van der Waals surface area contributed by atoms with E-state index in [2.05, 4.69) is 5.32 Å². The summed E-state index contributed by atoms with van der Waals surface area (Å²) in [5.41, 5.74) is -0.147. The van der Waals surface area contributed by atoms with Crippen molar-refractivity contribution in [3.8, 4) is 0 Å². The number of esters is 1.